The van der Waals surface area contributed by atoms with Gasteiger partial charge in [-0.2, -0.15) is 0 Å². The van der Waals surface area contributed by atoms with Crippen molar-refractivity contribution in [2.24, 2.45) is 0 Å². The standard InChI is InChI=1S/C20H23IN2O2/c21-16-9-11-17(12-10-16)22-19(24)14-23-13-5-4-8-18(23)20(25)15-6-2-1-3-7-15/h1-3,6-7,9-12,18,20,25H,4-5,8,13-14H2,(H,22,24)/t18-,20+/m0/s1. The molecule has 2 N–H and O–H groups in total. The Morgan fingerprint density at radius 1 is 1.16 bits per heavy atom. The number of aliphatic hydroxyl groups is 1. The number of nitrogens with one attached hydrogen (secondary N) is 1. The maximum absolute atomic E-state index is 12.4. The van der Waals surface area contributed by atoms with Crippen LogP contribution in [0, 0.1) is 3.57 Å². The fourth-order valence-electron chi connectivity index (χ4n) is 3.36. The zero-order valence-electron chi connectivity index (χ0n) is 14.1. The molecule has 1 aliphatic heterocycles. The molecule has 5 heteroatoms. The molecular weight excluding hydrogens is 427 g/mol. The van der Waals surface area contributed by atoms with Crippen molar-refractivity contribution in [3.05, 3.63) is 63.7 Å². The van der Waals surface area contributed by atoms with Crippen LogP contribution >= 0.6 is 22.6 Å². The molecule has 0 unspecified atom stereocenters. The molecule has 0 spiro atoms. The van der Waals surface area contributed by atoms with E-state index in [0.29, 0.717) is 6.54 Å². The van der Waals surface area contributed by atoms with Crippen molar-refractivity contribution in [2.45, 2.75) is 31.4 Å². The zero-order valence-corrected chi connectivity index (χ0v) is 16.2. The molecule has 0 aromatic heterocycles. The second-order valence-corrected chi connectivity index (χ2v) is 7.69. The van der Waals surface area contributed by atoms with Gasteiger partial charge in [0.15, 0.2) is 0 Å². The van der Waals surface area contributed by atoms with E-state index in [1.165, 1.54) is 0 Å². The number of hydrogen-bond donors (Lipinski definition) is 2. The highest BCUT2D eigenvalue weighted by Crippen LogP contribution is 2.28. The van der Waals surface area contributed by atoms with Crippen molar-refractivity contribution in [1.82, 2.24) is 4.90 Å². The first-order valence-electron chi connectivity index (χ1n) is 8.66. The van der Waals surface area contributed by atoms with Gasteiger partial charge in [-0.1, -0.05) is 36.8 Å². The fourth-order valence-corrected chi connectivity index (χ4v) is 3.72. The number of anilines is 1. The van der Waals surface area contributed by atoms with Crippen LogP contribution in [0.25, 0.3) is 0 Å². The predicted molar refractivity (Wildman–Crippen MR) is 108 cm³/mol. The van der Waals surface area contributed by atoms with Crippen LogP contribution in [0.3, 0.4) is 0 Å². The van der Waals surface area contributed by atoms with Gasteiger partial charge in [0.05, 0.1) is 12.6 Å². The Kier molecular flexibility index (Phi) is 6.45. The Balaban J connectivity index is 1.64. The number of hydrogen-bond acceptors (Lipinski definition) is 3. The average Bonchev–Trinajstić information content (AvgIpc) is 2.64. The van der Waals surface area contributed by atoms with Gasteiger partial charge in [-0.25, -0.2) is 0 Å². The first-order valence-corrected chi connectivity index (χ1v) is 9.74. The largest absolute Gasteiger partial charge is 0.387 e. The van der Waals surface area contributed by atoms with Crippen molar-refractivity contribution in [2.75, 3.05) is 18.4 Å². The van der Waals surface area contributed by atoms with Gasteiger partial charge in [0, 0.05) is 15.3 Å². The summed E-state index contributed by atoms with van der Waals surface area (Å²) in [6.07, 6.45) is 2.50. The minimum absolute atomic E-state index is 0.0152. The maximum atomic E-state index is 12.4. The van der Waals surface area contributed by atoms with Crippen molar-refractivity contribution >= 4 is 34.2 Å². The van der Waals surface area contributed by atoms with Crippen LogP contribution < -0.4 is 5.32 Å². The highest BCUT2D eigenvalue weighted by molar-refractivity contribution is 14.1. The number of likely N-dealkylation sites (tertiary alicyclic amines) is 1. The lowest BCUT2D eigenvalue weighted by molar-refractivity contribution is -0.119. The van der Waals surface area contributed by atoms with Crippen molar-refractivity contribution in [3.8, 4) is 0 Å². The van der Waals surface area contributed by atoms with Crippen LogP contribution in [-0.2, 0) is 4.79 Å². The van der Waals surface area contributed by atoms with Crippen LogP contribution in [-0.4, -0.2) is 35.0 Å². The topological polar surface area (TPSA) is 52.6 Å². The van der Waals surface area contributed by atoms with Crippen molar-refractivity contribution in [1.29, 1.82) is 0 Å². The van der Waals surface area contributed by atoms with E-state index in [-0.39, 0.29) is 11.9 Å². The fraction of sp³-hybridized carbons (Fsp3) is 0.350. The third kappa shape index (κ3) is 5.03. The maximum Gasteiger partial charge on any atom is 0.238 e. The molecule has 1 saturated heterocycles. The number of carbonyl (C=O) groups excluding carboxylic acids is 1. The minimum Gasteiger partial charge on any atom is -0.387 e. The van der Waals surface area contributed by atoms with E-state index < -0.39 is 6.10 Å². The van der Waals surface area contributed by atoms with E-state index in [9.17, 15) is 9.90 Å². The molecule has 0 saturated carbocycles. The van der Waals surface area contributed by atoms with Gasteiger partial charge in [-0.3, -0.25) is 9.69 Å². The molecule has 132 valence electrons. The van der Waals surface area contributed by atoms with Gasteiger partial charge < -0.3 is 10.4 Å². The molecular formula is C20H23IN2O2. The van der Waals surface area contributed by atoms with Gasteiger partial charge in [0.1, 0.15) is 0 Å². The third-order valence-electron chi connectivity index (χ3n) is 4.64. The minimum atomic E-state index is -0.562. The number of piperidine rings is 1. The lowest BCUT2D eigenvalue weighted by Crippen LogP contribution is -2.46. The molecule has 1 fully saturated rings. The number of carbonyl (C=O) groups is 1. The molecule has 1 aliphatic rings. The van der Waals surface area contributed by atoms with Crippen LogP contribution in [0.2, 0.25) is 0 Å². The SMILES string of the molecule is O=C(CN1CCCC[C@H]1[C@H](O)c1ccccc1)Nc1ccc(I)cc1. The number of amides is 1. The highest BCUT2D eigenvalue weighted by Gasteiger charge is 2.30. The first kappa shape index (κ1) is 18.4. The molecule has 1 amide bonds. The van der Waals surface area contributed by atoms with Gasteiger partial charge in [-0.05, 0) is 71.8 Å². The Morgan fingerprint density at radius 2 is 1.88 bits per heavy atom. The number of aliphatic hydroxyl groups excluding tert-OH is 1. The number of rotatable bonds is 5. The lowest BCUT2D eigenvalue weighted by atomic mass is 9.93. The van der Waals surface area contributed by atoms with Gasteiger partial charge in [0.25, 0.3) is 0 Å². The summed E-state index contributed by atoms with van der Waals surface area (Å²) < 4.78 is 1.14. The summed E-state index contributed by atoms with van der Waals surface area (Å²) in [5, 5.41) is 13.7. The van der Waals surface area contributed by atoms with Crippen LogP contribution in [0.1, 0.15) is 30.9 Å². The summed E-state index contributed by atoms with van der Waals surface area (Å²) >= 11 is 2.24. The Hall–Kier alpha value is -1.44. The second-order valence-electron chi connectivity index (χ2n) is 6.44. The first-order chi connectivity index (χ1) is 12.1. The van der Waals surface area contributed by atoms with Crippen molar-refractivity contribution < 1.29 is 9.90 Å². The van der Waals surface area contributed by atoms with E-state index in [0.717, 1.165) is 40.6 Å². The van der Waals surface area contributed by atoms with Crippen LogP contribution in [0.5, 0.6) is 0 Å². The number of benzene rings is 2. The second kappa shape index (κ2) is 8.78. The molecule has 0 aliphatic carbocycles. The molecule has 4 nitrogen and oxygen atoms in total. The van der Waals surface area contributed by atoms with E-state index in [1.54, 1.807) is 0 Å². The molecule has 0 radical (unpaired) electrons. The van der Waals surface area contributed by atoms with Crippen LogP contribution in [0.15, 0.2) is 54.6 Å². The summed E-state index contributed by atoms with van der Waals surface area (Å²) in [7, 11) is 0. The zero-order chi connectivity index (χ0) is 17.6. The highest BCUT2D eigenvalue weighted by atomic mass is 127. The summed E-state index contributed by atoms with van der Waals surface area (Å²) in [6.45, 7) is 1.15. The summed E-state index contributed by atoms with van der Waals surface area (Å²) in [5.74, 6) is -0.0339. The Labute approximate surface area is 162 Å². The molecule has 1 heterocycles. The quantitative estimate of drug-likeness (QED) is 0.682. The van der Waals surface area contributed by atoms with E-state index in [1.807, 2.05) is 54.6 Å². The molecule has 3 rings (SSSR count). The van der Waals surface area contributed by atoms with Crippen LogP contribution in [0.4, 0.5) is 5.69 Å². The average molecular weight is 450 g/mol. The molecule has 2 aromatic carbocycles. The molecule has 2 atom stereocenters. The summed E-state index contributed by atoms with van der Waals surface area (Å²) in [4.78, 5) is 14.5. The smallest absolute Gasteiger partial charge is 0.238 e. The lowest BCUT2D eigenvalue weighted by Gasteiger charge is -2.38. The molecule has 2 aromatic rings. The predicted octanol–water partition coefficient (Wildman–Crippen LogP) is 3.82. The normalized spacial score (nSPS) is 19.4. The monoisotopic (exact) mass is 450 g/mol. The van der Waals surface area contributed by atoms with Gasteiger partial charge in [0.2, 0.25) is 5.91 Å². The summed E-state index contributed by atoms with van der Waals surface area (Å²) in [6, 6.07) is 17.5. The van der Waals surface area contributed by atoms with Gasteiger partial charge >= 0.3 is 0 Å². The van der Waals surface area contributed by atoms with Gasteiger partial charge in [-0.15, -0.1) is 0 Å². The number of halogens is 1. The molecule has 25 heavy (non-hydrogen) atoms. The third-order valence-corrected chi connectivity index (χ3v) is 5.36. The van der Waals surface area contributed by atoms with E-state index >= 15 is 0 Å². The Morgan fingerprint density at radius 3 is 2.60 bits per heavy atom. The van der Waals surface area contributed by atoms with E-state index in [2.05, 4.69) is 32.8 Å². The van der Waals surface area contributed by atoms with E-state index in [4.69, 9.17) is 0 Å². The Bertz CT molecular complexity index is 691. The summed E-state index contributed by atoms with van der Waals surface area (Å²) in [5.41, 5.74) is 1.72. The number of nitrogens with zero attached hydrogens (tertiary/aromatic N) is 1. The molecule has 0 bridgehead atoms. The van der Waals surface area contributed by atoms with Crippen molar-refractivity contribution in [3.63, 3.8) is 0 Å².